The number of nitrogens with zero attached hydrogens (tertiary/aromatic N) is 1. The zero-order chi connectivity index (χ0) is 16.9. The van der Waals surface area contributed by atoms with E-state index in [4.69, 9.17) is 0 Å². The van der Waals surface area contributed by atoms with Crippen molar-refractivity contribution in [1.29, 1.82) is 0 Å². The molecule has 2 N–H and O–H groups in total. The molecule has 1 heterocycles. The predicted octanol–water partition coefficient (Wildman–Crippen LogP) is 5.45. The summed E-state index contributed by atoms with van der Waals surface area (Å²) in [5, 5.41) is 20.7. The van der Waals surface area contributed by atoms with E-state index in [1.165, 1.54) is 10.6 Å². The van der Waals surface area contributed by atoms with Crippen LogP contribution in [0.5, 0.6) is 11.5 Å². The summed E-state index contributed by atoms with van der Waals surface area (Å²) in [5.74, 6) is 0.125. The lowest BCUT2D eigenvalue weighted by atomic mass is 10.1. The van der Waals surface area contributed by atoms with Crippen molar-refractivity contribution in [1.82, 2.24) is 4.57 Å². The largest absolute Gasteiger partial charge is 0.507 e. The number of phenolic OH excluding ortho intramolecular Hbond substituents is 2. The summed E-state index contributed by atoms with van der Waals surface area (Å²) in [6.45, 7) is 0. The average molecular weight is 569 g/mol. The van der Waals surface area contributed by atoms with Gasteiger partial charge in [-0.25, -0.2) is 0 Å². The van der Waals surface area contributed by atoms with Gasteiger partial charge in [-0.1, -0.05) is 0 Å². The number of phenols is 2. The van der Waals surface area contributed by atoms with Crippen LogP contribution in [0, 0.1) is 0 Å². The van der Waals surface area contributed by atoms with Crippen LogP contribution in [-0.2, 0) is 0 Å². The number of aromatic hydroxyl groups is 2. The number of benzene rings is 2. The molecule has 0 saturated carbocycles. The Bertz CT molecular complexity index is 991. The highest BCUT2D eigenvalue weighted by Crippen LogP contribution is 2.37. The summed E-state index contributed by atoms with van der Waals surface area (Å²) in [6, 6.07) is 6.33. The zero-order valence-corrected chi connectivity index (χ0v) is 17.5. The molecule has 8 heteroatoms. The number of hydrogen-bond donors (Lipinski definition) is 2. The van der Waals surface area contributed by atoms with Gasteiger partial charge in [-0.15, -0.1) is 0 Å². The average Bonchev–Trinajstić information content (AvgIpc) is 2.50. The van der Waals surface area contributed by atoms with E-state index in [1.54, 1.807) is 24.4 Å². The summed E-state index contributed by atoms with van der Waals surface area (Å²) < 4.78 is 3.51. The van der Waals surface area contributed by atoms with Gasteiger partial charge in [-0.05, 0) is 88.0 Å². The fourth-order valence-electron chi connectivity index (χ4n) is 2.23. The van der Waals surface area contributed by atoms with Gasteiger partial charge in [0.15, 0.2) is 0 Å². The Kier molecular flexibility index (Phi) is 4.61. The van der Waals surface area contributed by atoms with Crippen LogP contribution in [0.25, 0.3) is 16.5 Å². The molecule has 0 amide bonds. The number of aromatic nitrogens is 1. The third-order valence-electron chi connectivity index (χ3n) is 3.33. The van der Waals surface area contributed by atoms with Crippen LogP contribution in [0.4, 0.5) is 0 Å². The second-order valence-electron chi connectivity index (χ2n) is 4.73. The van der Waals surface area contributed by atoms with Gasteiger partial charge in [0.1, 0.15) is 11.5 Å². The fourth-order valence-corrected chi connectivity index (χ4v) is 4.83. The molecule has 0 atom stereocenters. The maximum atomic E-state index is 12.8. The van der Waals surface area contributed by atoms with Crippen LogP contribution in [0.15, 0.2) is 53.1 Å². The minimum absolute atomic E-state index is 0.0606. The molecule has 3 rings (SSSR count). The van der Waals surface area contributed by atoms with Crippen molar-refractivity contribution in [2.75, 3.05) is 0 Å². The SMILES string of the molecule is O=c1c2ccc(O)c(Br)c2c(Br)cn1-c1cc(Br)c(O)c(Br)c1. The van der Waals surface area contributed by atoms with Gasteiger partial charge in [0.05, 0.1) is 24.5 Å². The number of rotatable bonds is 1. The van der Waals surface area contributed by atoms with Gasteiger partial charge >= 0.3 is 0 Å². The molecule has 0 aliphatic carbocycles. The van der Waals surface area contributed by atoms with Crippen molar-refractivity contribution in [3.8, 4) is 17.2 Å². The van der Waals surface area contributed by atoms with Gasteiger partial charge in [-0.3, -0.25) is 9.36 Å². The van der Waals surface area contributed by atoms with E-state index in [1.807, 2.05) is 0 Å². The molecule has 4 nitrogen and oxygen atoms in total. The Morgan fingerprint density at radius 2 is 1.52 bits per heavy atom. The molecule has 0 aliphatic rings. The van der Waals surface area contributed by atoms with Crippen molar-refractivity contribution < 1.29 is 10.2 Å². The molecule has 1 aromatic heterocycles. The van der Waals surface area contributed by atoms with E-state index in [0.29, 0.717) is 34.4 Å². The van der Waals surface area contributed by atoms with E-state index in [-0.39, 0.29) is 17.1 Å². The second kappa shape index (κ2) is 6.23. The van der Waals surface area contributed by atoms with Crippen molar-refractivity contribution in [3.05, 3.63) is 58.7 Å². The van der Waals surface area contributed by atoms with Crippen LogP contribution in [0.3, 0.4) is 0 Å². The predicted molar refractivity (Wildman–Crippen MR) is 104 cm³/mol. The van der Waals surface area contributed by atoms with E-state index >= 15 is 0 Å². The quantitative estimate of drug-likeness (QED) is 0.410. The second-order valence-corrected chi connectivity index (χ2v) is 8.09. The lowest BCUT2D eigenvalue weighted by Crippen LogP contribution is -2.18. The minimum atomic E-state index is -0.242. The monoisotopic (exact) mass is 565 g/mol. The summed E-state index contributed by atoms with van der Waals surface area (Å²) in [4.78, 5) is 12.8. The minimum Gasteiger partial charge on any atom is -0.507 e. The number of fused-ring (bicyclic) bond motifs is 1. The molecule has 118 valence electrons. The Balaban J connectivity index is 2.39. The molecule has 0 radical (unpaired) electrons. The van der Waals surface area contributed by atoms with Crippen LogP contribution in [0.1, 0.15) is 0 Å². The summed E-state index contributed by atoms with van der Waals surface area (Å²) >= 11 is 13.3. The van der Waals surface area contributed by atoms with Crippen LogP contribution >= 0.6 is 63.7 Å². The van der Waals surface area contributed by atoms with Gasteiger partial charge in [0.25, 0.3) is 5.56 Å². The molecule has 0 fully saturated rings. The lowest BCUT2D eigenvalue weighted by molar-refractivity contribution is 0.468. The summed E-state index contributed by atoms with van der Waals surface area (Å²) in [6.07, 6.45) is 1.63. The maximum absolute atomic E-state index is 12.8. The highest BCUT2D eigenvalue weighted by Gasteiger charge is 2.15. The molecule has 23 heavy (non-hydrogen) atoms. The standard InChI is InChI=1S/C15H7Br4NO3/c16-8-3-6(4-9(17)14(8)22)20-5-10(18)12-7(15(20)23)1-2-11(21)13(12)19/h1-5,21-22H. The Labute approximate surface area is 164 Å². The molecule has 3 aromatic rings. The molecule has 0 unspecified atom stereocenters. The van der Waals surface area contributed by atoms with E-state index in [0.717, 1.165) is 0 Å². The highest BCUT2D eigenvalue weighted by molar-refractivity contribution is 9.11. The van der Waals surface area contributed by atoms with Crippen molar-refractivity contribution in [2.45, 2.75) is 0 Å². The molecule has 0 saturated heterocycles. The Hall–Kier alpha value is -0.830. The summed E-state index contributed by atoms with van der Waals surface area (Å²) in [7, 11) is 0. The normalized spacial score (nSPS) is 11.1. The van der Waals surface area contributed by atoms with Crippen LogP contribution in [-0.4, -0.2) is 14.8 Å². The van der Waals surface area contributed by atoms with E-state index < -0.39 is 0 Å². The van der Waals surface area contributed by atoms with Crippen LogP contribution in [0.2, 0.25) is 0 Å². The Morgan fingerprint density at radius 3 is 2.13 bits per heavy atom. The maximum Gasteiger partial charge on any atom is 0.263 e. The first kappa shape index (κ1) is 17.0. The highest BCUT2D eigenvalue weighted by atomic mass is 79.9. The number of pyridine rings is 1. The first-order valence-electron chi connectivity index (χ1n) is 6.22. The molecule has 2 aromatic carbocycles. The van der Waals surface area contributed by atoms with Crippen molar-refractivity contribution in [2.24, 2.45) is 0 Å². The van der Waals surface area contributed by atoms with Crippen LogP contribution < -0.4 is 5.56 Å². The fraction of sp³-hybridized carbons (Fsp3) is 0. The van der Waals surface area contributed by atoms with Crippen molar-refractivity contribution >= 4 is 74.5 Å². The van der Waals surface area contributed by atoms with E-state index in [2.05, 4.69) is 63.7 Å². The van der Waals surface area contributed by atoms with Crippen molar-refractivity contribution in [3.63, 3.8) is 0 Å². The number of hydrogen-bond acceptors (Lipinski definition) is 3. The molecule has 0 bridgehead atoms. The van der Waals surface area contributed by atoms with Gasteiger partial charge in [-0.2, -0.15) is 0 Å². The number of halogens is 4. The topological polar surface area (TPSA) is 62.5 Å². The third-order valence-corrected chi connectivity index (χ3v) is 5.94. The molecule has 0 spiro atoms. The van der Waals surface area contributed by atoms with Gasteiger partial charge < -0.3 is 10.2 Å². The first-order valence-corrected chi connectivity index (χ1v) is 9.39. The Morgan fingerprint density at radius 1 is 0.913 bits per heavy atom. The van der Waals surface area contributed by atoms with Gasteiger partial charge in [0.2, 0.25) is 0 Å². The van der Waals surface area contributed by atoms with Gasteiger partial charge in [0, 0.05) is 16.1 Å². The third kappa shape index (κ3) is 2.86. The lowest BCUT2D eigenvalue weighted by Gasteiger charge is -2.12. The smallest absolute Gasteiger partial charge is 0.263 e. The van der Waals surface area contributed by atoms with E-state index in [9.17, 15) is 15.0 Å². The zero-order valence-electron chi connectivity index (χ0n) is 11.1. The summed E-state index contributed by atoms with van der Waals surface area (Å²) in [5.41, 5.74) is 0.340. The first-order chi connectivity index (χ1) is 10.8. The molecular formula is C15H7Br4NO3. The molecule has 0 aliphatic heterocycles. The molecular weight excluding hydrogens is 562 g/mol.